The highest BCUT2D eigenvalue weighted by atomic mass is 19.3. The molecule has 2 aliphatic carbocycles. The van der Waals surface area contributed by atoms with E-state index in [1.807, 2.05) is 0 Å². The Balaban J connectivity index is 2.35. The quantitative estimate of drug-likeness (QED) is 0.597. The van der Waals surface area contributed by atoms with E-state index in [-0.39, 0.29) is 0 Å². The van der Waals surface area contributed by atoms with Crippen molar-refractivity contribution in [2.24, 2.45) is 23.5 Å². The number of nitrogens with two attached hydrogens (primary N) is 1. The SMILES string of the molecule is NC1(C(=O)O)CC(F)(F)C2C(C(=O)O)C21. The molecule has 0 bridgehead atoms. The van der Waals surface area contributed by atoms with Crippen LogP contribution in [0, 0.1) is 17.8 Å². The fourth-order valence-corrected chi connectivity index (χ4v) is 2.63. The molecule has 15 heavy (non-hydrogen) atoms. The van der Waals surface area contributed by atoms with Crippen LogP contribution in [0.15, 0.2) is 0 Å². The second kappa shape index (κ2) is 2.46. The molecule has 7 heteroatoms. The van der Waals surface area contributed by atoms with Gasteiger partial charge in [-0.15, -0.1) is 0 Å². The number of fused-ring (bicyclic) bond motifs is 1. The minimum absolute atomic E-state index is 0.978. The van der Waals surface area contributed by atoms with Gasteiger partial charge in [0, 0.05) is 18.3 Å². The van der Waals surface area contributed by atoms with Crippen LogP contribution in [0.3, 0.4) is 0 Å². The summed E-state index contributed by atoms with van der Waals surface area (Å²) < 4.78 is 26.5. The maximum Gasteiger partial charge on any atom is 0.324 e. The fourth-order valence-electron chi connectivity index (χ4n) is 2.63. The molecule has 4 unspecified atom stereocenters. The van der Waals surface area contributed by atoms with E-state index in [0.29, 0.717) is 0 Å². The molecule has 0 saturated heterocycles. The number of carbonyl (C=O) groups is 2. The van der Waals surface area contributed by atoms with Gasteiger partial charge in [0.25, 0.3) is 5.92 Å². The molecular weight excluding hydrogens is 212 g/mol. The lowest BCUT2D eigenvalue weighted by atomic mass is 9.91. The molecule has 0 radical (unpaired) electrons. The molecular formula is C8H9F2NO4. The van der Waals surface area contributed by atoms with Crippen molar-refractivity contribution in [2.45, 2.75) is 17.9 Å². The van der Waals surface area contributed by atoms with Crippen molar-refractivity contribution >= 4 is 11.9 Å². The van der Waals surface area contributed by atoms with Gasteiger partial charge >= 0.3 is 11.9 Å². The van der Waals surface area contributed by atoms with Crippen LogP contribution in [0.5, 0.6) is 0 Å². The van der Waals surface area contributed by atoms with Crippen molar-refractivity contribution in [2.75, 3.05) is 0 Å². The monoisotopic (exact) mass is 221 g/mol. The summed E-state index contributed by atoms with van der Waals surface area (Å²) in [7, 11) is 0. The summed E-state index contributed by atoms with van der Waals surface area (Å²) in [5.74, 6) is -10.1. The molecule has 84 valence electrons. The first-order valence-corrected chi connectivity index (χ1v) is 4.35. The van der Waals surface area contributed by atoms with Crippen molar-refractivity contribution in [3.05, 3.63) is 0 Å². The Morgan fingerprint density at radius 3 is 2.13 bits per heavy atom. The maximum atomic E-state index is 13.2. The van der Waals surface area contributed by atoms with E-state index in [2.05, 4.69) is 0 Å². The number of aliphatic carboxylic acids is 2. The zero-order valence-corrected chi connectivity index (χ0v) is 7.48. The van der Waals surface area contributed by atoms with Crippen molar-refractivity contribution in [1.29, 1.82) is 0 Å². The smallest absolute Gasteiger partial charge is 0.324 e. The standard InChI is InChI=1S/C8H9F2NO4/c9-8(10)1-7(11,6(14)15)3-2(4(3)8)5(12)13/h2-4H,1,11H2,(H,12,13)(H,14,15). The zero-order chi connectivity index (χ0) is 11.6. The topological polar surface area (TPSA) is 101 Å². The number of carboxylic acid groups (broad SMARTS) is 2. The van der Waals surface area contributed by atoms with Crippen LogP contribution in [0.1, 0.15) is 6.42 Å². The van der Waals surface area contributed by atoms with E-state index in [9.17, 15) is 18.4 Å². The average molecular weight is 221 g/mol. The summed E-state index contributed by atoms with van der Waals surface area (Å²) in [6.45, 7) is 0. The lowest BCUT2D eigenvalue weighted by Crippen LogP contribution is -2.51. The highest BCUT2D eigenvalue weighted by molar-refractivity contribution is 5.85. The van der Waals surface area contributed by atoms with Gasteiger partial charge in [0.05, 0.1) is 5.92 Å². The number of hydrogen-bond donors (Lipinski definition) is 3. The number of alkyl halides is 2. The molecule has 0 aromatic carbocycles. The third kappa shape index (κ3) is 1.09. The summed E-state index contributed by atoms with van der Waals surface area (Å²) in [5, 5.41) is 17.4. The van der Waals surface area contributed by atoms with Crippen LogP contribution in [-0.2, 0) is 9.59 Å². The lowest BCUT2D eigenvalue weighted by Gasteiger charge is -2.23. The zero-order valence-electron chi connectivity index (χ0n) is 7.48. The Bertz CT molecular complexity index is 359. The molecule has 0 amide bonds. The summed E-state index contributed by atoms with van der Waals surface area (Å²) in [4.78, 5) is 21.4. The first kappa shape index (κ1) is 10.3. The molecule has 0 aromatic heterocycles. The van der Waals surface area contributed by atoms with Crippen molar-refractivity contribution < 1.29 is 28.6 Å². The molecule has 5 nitrogen and oxygen atoms in total. The average Bonchev–Trinajstić information content (AvgIpc) is 2.72. The summed E-state index contributed by atoms with van der Waals surface area (Å²) in [6.07, 6.45) is -0.978. The van der Waals surface area contributed by atoms with E-state index in [1.165, 1.54) is 0 Å². The third-order valence-corrected chi connectivity index (χ3v) is 3.31. The van der Waals surface area contributed by atoms with Crippen LogP contribution < -0.4 is 5.73 Å². The molecule has 0 spiro atoms. The highest BCUT2D eigenvalue weighted by Crippen LogP contribution is 2.67. The minimum atomic E-state index is -3.29. The number of carboxylic acids is 2. The van der Waals surface area contributed by atoms with Gasteiger partial charge in [0.1, 0.15) is 5.54 Å². The summed E-state index contributed by atoms with van der Waals surface area (Å²) >= 11 is 0. The van der Waals surface area contributed by atoms with Gasteiger partial charge < -0.3 is 15.9 Å². The van der Waals surface area contributed by atoms with Gasteiger partial charge in [-0.2, -0.15) is 0 Å². The second-order valence-corrected chi connectivity index (χ2v) is 4.20. The third-order valence-electron chi connectivity index (χ3n) is 3.31. The van der Waals surface area contributed by atoms with Gasteiger partial charge in [-0.1, -0.05) is 0 Å². The first-order valence-electron chi connectivity index (χ1n) is 4.35. The molecule has 0 aromatic rings. The Morgan fingerprint density at radius 2 is 1.80 bits per heavy atom. The molecule has 2 fully saturated rings. The van der Waals surface area contributed by atoms with Crippen LogP contribution in [-0.4, -0.2) is 33.6 Å². The Hall–Kier alpha value is -1.24. The van der Waals surface area contributed by atoms with E-state index in [4.69, 9.17) is 15.9 Å². The fraction of sp³-hybridized carbons (Fsp3) is 0.750. The van der Waals surface area contributed by atoms with Crippen molar-refractivity contribution in [3.63, 3.8) is 0 Å². The number of hydrogen-bond acceptors (Lipinski definition) is 3. The van der Waals surface area contributed by atoms with Crippen LogP contribution in [0.2, 0.25) is 0 Å². The van der Waals surface area contributed by atoms with Crippen molar-refractivity contribution in [1.82, 2.24) is 0 Å². The minimum Gasteiger partial charge on any atom is -0.481 e. The number of halogens is 2. The van der Waals surface area contributed by atoms with Crippen LogP contribution >= 0.6 is 0 Å². The molecule has 2 rings (SSSR count). The van der Waals surface area contributed by atoms with Gasteiger partial charge in [-0.05, 0) is 0 Å². The van der Waals surface area contributed by atoms with Gasteiger partial charge in [-0.3, -0.25) is 9.59 Å². The molecule has 0 heterocycles. The number of rotatable bonds is 2. The maximum absolute atomic E-state index is 13.2. The molecule has 0 aliphatic heterocycles. The molecule has 4 atom stereocenters. The van der Waals surface area contributed by atoms with Crippen molar-refractivity contribution in [3.8, 4) is 0 Å². The lowest BCUT2D eigenvalue weighted by molar-refractivity contribution is -0.149. The van der Waals surface area contributed by atoms with E-state index in [0.717, 1.165) is 0 Å². The van der Waals surface area contributed by atoms with Gasteiger partial charge in [0.15, 0.2) is 0 Å². The predicted molar refractivity (Wildman–Crippen MR) is 42.2 cm³/mol. The largest absolute Gasteiger partial charge is 0.481 e. The van der Waals surface area contributed by atoms with Gasteiger partial charge in [0.2, 0.25) is 0 Å². The van der Waals surface area contributed by atoms with Crippen LogP contribution in [0.4, 0.5) is 8.78 Å². The van der Waals surface area contributed by atoms with Gasteiger partial charge in [-0.25, -0.2) is 8.78 Å². The Morgan fingerprint density at radius 1 is 1.27 bits per heavy atom. The van der Waals surface area contributed by atoms with E-state index in [1.54, 1.807) is 0 Å². The predicted octanol–water partition coefficient (Wildman–Crippen LogP) is -0.246. The molecule has 2 saturated carbocycles. The van der Waals surface area contributed by atoms with Crippen LogP contribution in [0.25, 0.3) is 0 Å². The molecule has 2 aliphatic rings. The Kier molecular flexibility index (Phi) is 1.69. The van der Waals surface area contributed by atoms with E-state index >= 15 is 0 Å². The van der Waals surface area contributed by atoms with E-state index < -0.39 is 47.6 Å². The first-order chi connectivity index (χ1) is 6.72. The highest BCUT2D eigenvalue weighted by Gasteiger charge is 2.81. The summed E-state index contributed by atoms with van der Waals surface area (Å²) in [6, 6.07) is 0. The Labute approximate surface area is 82.9 Å². The normalized spacial score (nSPS) is 45.9. The second-order valence-electron chi connectivity index (χ2n) is 4.20. The summed E-state index contributed by atoms with van der Waals surface area (Å²) in [5.41, 5.74) is 3.25. The molecule has 4 N–H and O–H groups in total.